The fraction of sp³-hybridized carbons (Fsp3) is 0.188. The van der Waals surface area contributed by atoms with E-state index in [4.69, 9.17) is 16.3 Å². The maximum atomic E-state index is 11.8. The summed E-state index contributed by atoms with van der Waals surface area (Å²) >= 11 is 5.92. The van der Waals surface area contributed by atoms with E-state index in [1.54, 1.807) is 6.07 Å². The number of halogens is 1. The zero-order valence-electron chi connectivity index (χ0n) is 10.7. The molecule has 0 spiro atoms. The van der Waals surface area contributed by atoms with Crippen LogP contribution in [0.2, 0.25) is 5.02 Å². The molecule has 2 nitrogen and oxygen atoms in total. The van der Waals surface area contributed by atoms with E-state index in [-0.39, 0.29) is 5.78 Å². The number of Topliss-reactive ketones (excluding diaryl/α,β-unsaturated/α-hetero) is 1. The van der Waals surface area contributed by atoms with Crippen molar-refractivity contribution in [2.45, 2.75) is 20.0 Å². The number of hydrogen-bond donors (Lipinski definition) is 0. The van der Waals surface area contributed by atoms with Crippen LogP contribution < -0.4 is 4.74 Å². The third-order valence-electron chi connectivity index (χ3n) is 2.79. The maximum Gasteiger partial charge on any atom is 0.166 e. The molecule has 0 aliphatic carbocycles. The van der Waals surface area contributed by atoms with Crippen LogP contribution in [0.25, 0.3) is 0 Å². The highest BCUT2D eigenvalue weighted by Crippen LogP contribution is 2.21. The number of ketones is 1. The molecule has 2 aromatic carbocycles. The molecule has 0 aromatic heterocycles. The molecule has 3 heteroatoms. The number of hydrogen-bond acceptors (Lipinski definition) is 2. The molecule has 0 bridgehead atoms. The summed E-state index contributed by atoms with van der Waals surface area (Å²) in [5, 5.41) is 0.680. The second-order valence-corrected chi connectivity index (χ2v) is 4.63. The van der Waals surface area contributed by atoms with Crippen LogP contribution in [0, 0.1) is 0 Å². The van der Waals surface area contributed by atoms with Crippen LogP contribution in [-0.4, -0.2) is 5.78 Å². The lowest BCUT2D eigenvalue weighted by molar-refractivity contribution is 0.0983. The molecule has 0 aliphatic rings. The Bertz CT molecular complexity index is 578. The molecule has 0 unspecified atom stereocenters. The molecule has 0 radical (unpaired) electrons. The lowest BCUT2D eigenvalue weighted by Crippen LogP contribution is -2.03. The predicted octanol–water partition coefficient (Wildman–Crippen LogP) is 4.51. The van der Waals surface area contributed by atoms with Gasteiger partial charge in [-0.3, -0.25) is 4.79 Å². The number of para-hydroxylation sites is 1. The summed E-state index contributed by atoms with van der Waals surface area (Å²) in [6, 6.07) is 14.8. The van der Waals surface area contributed by atoms with E-state index in [1.165, 1.54) is 0 Å². The minimum absolute atomic E-state index is 0.0849. The molecule has 0 fully saturated rings. The highest BCUT2D eigenvalue weighted by atomic mass is 35.5. The summed E-state index contributed by atoms with van der Waals surface area (Å²) in [5.74, 6) is 0.705. The molecule has 0 amide bonds. The lowest BCUT2D eigenvalue weighted by Gasteiger charge is -2.10. The van der Waals surface area contributed by atoms with Crippen LogP contribution in [-0.2, 0) is 6.61 Å². The monoisotopic (exact) mass is 274 g/mol. The average Bonchev–Trinajstić information content (AvgIpc) is 2.45. The van der Waals surface area contributed by atoms with Crippen molar-refractivity contribution >= 4 is 17.4 Å². The van der Waals surface area contributed by atoms with E-state index < -0.39 is 0 Å². The van der Waals surface area contributed by atoms with E-state index in [9.17, 15) is 4.79 Å². The summed E-state index contributed by atoms with van der Waals surface area (Å²) in [5.41, 5.74) is 1.61. The molecule has 2 aromatic rings. The largest absolute Gasteiger partial charge is 0.488 e. The highest BCUT2D eigenvalue weighted by Gasteiger charge is 2.09. The number of rotatable bonds is 5. The minimum atomic E-state index is 0.0849. The summed E-state index contributed by atoms with van der Waals surface area (Å²) in [6.45, 7) is 2.24. The zero-order chi connectivity index (χ0) is 13.7. The molecule has 98 valence electrons. The Balaban J connectivity index is 2.13. The van der Waals surface area contributed by atoms with Crippen LogP contribution in [0.5, 0.6) is 5.75 Å². The van der Waals surface area contributed by atoms with Gasteiger partial charge in [-0.25, -0.2) is 0 Å². The van der Waals surface area contributed by atoms with Crippen molar-refractivity contribution < 1.29 is 9.53 Å². The van der Waals surface area contributed by atoms with Gasteiger partial charge in [-0.15, -0.1) is 0 Å². The fourth-order valence-corrected chi connectivity index (χ4v) is 2.01. The van der Waals surface area contributed by atoms with Gasteiger partial charge >= 0.3 is 0 Å². The molecule has 0 N–H and O–H groups in total. The standard InChI is InChI=1S/C16H15ClO2/c1-2-15(18)14-8-3-4-9-16(14)19-11-12-6-5-7-13(17)10-12/h3-10H,2,11H2,1H3. The first kappa shape index (κ1) is 13.6. The van der Waals surface area contributed by atoms with Gasteiger partial charge in [0.1, 0.15) is 12.4 Å². The number of benzene rings is 2. The van der Waals surface area contributed by atoms with Gasteiger partial charge in [0.25, 0.3) is 0 Å². The second-order valence-electron chi connectivity index (χ2n) is 4.19. The van der Waals surface area contributed by atoms with Gasteiger partial charge in [0.2, 0.25) is 0 Å². The van der Waals surface area contributed by atoms with Gasteiger partial charge in [-0.05, 0) is 29.8 Å². The van der Waals surface area contributed by atoms with Crippen molar-refractivity contribution in [1.82, 2.24) is 0 Å². The molecule has 0 aliphatic heterocycles. The molecular formula is C16H15ClO2. The van der Waals surface area contributed by atoms with Gasteiger partial charge in [0.15, 0.2) is 5.78 Å². The Kier molecular flexibility index (Phi) is 4.58. The van der Waals surface area contributed by atoms with Crippen molar-refractivity contribution in [3.05, 3.63) is 64.7 Å². The lowest BCUT2D eigenvalue weighted by atomic mass is 10.1. The van der Waals surface area contributed by atoms with Crippen LogP contribution in [0.1, 0.15) is 29.3 Å². The Hall–Kier alpha value is -1.80. The average molecular weight is 275 g/mol. The first-order valence-electron chi connectivity index (χ1n) is 6.20. The first-order valence-corrected chi connectivity index (χ1v) is 6.58. The molecule has 2 rings (SSSR count). The summed E-state index contributed by atoms with van der Waals surface area (Å²) in [4.78, 5) is 11.8. The molecule has 19 heavy (non-hydrogen) atoms. The first-order chi connectivity index (χ1) is 9.20. The van der Waals surface area contributed by atoms with Crippen LogP contribution in [0.4, 0.5) is 0 Å². The van der Waals surface area contributed by atoms with Crippen LogP contribution in [0.15, 0.2) is 48.5 Å². The molecular weight excluding hydrogens is 260 g/mol. The van der Waals surface area contributed by atoms with Crippen LogP contribution in [0.3, 0.4) is 0 Å². The molecule has 0 atom stereocenters. The van der Waals surface area contributed by atoms with Gasteiger partial charge in [-0.2, -0.15) is 0 Å². The summed E-state index contributed by atoms with van der Waals surface area (Å²) in [7, 11) is 0. The van der Waals surface area contributed by atoms with E-state index in [1.807, 2.05) is 49.4 Å². The van der Waals surface area contributed by atoms with Crippen molar-refractivity contribution in [1.29, 1.82) is 0 Å². The number of carbonyl (C=O) groups excluding carboxylic acids is 1. The van der Waals surface area contributed by atoms with Gasteiger partial charge in [0, 0.05) is 11.4 Å². The van der Waals surface area contributed by atoms with Gasteiger partial charge < -0.3 is 4.74 Å². The summed E-state index contributed by atoms with van der Waals surface area (Å²) in [6.07, 6.45) is 0.470. The topological polar surface area (TPSA) is 26.3 Å². The SMILES string of the molecule is CCC(=O)c1ccccc1OCc1cccc(Cl)c1. The third kappa shape index (κ3) is 3.58. The molecule has 0 saturated carbocycles. The van der Waals surface area contributed by atoms with Crippen molar-refractivity contribution in [3.63, 3.8) is 0 Å². The normalized spacial score (nSPS) is 10.2. The van der Waals surface area contributed by atoms with E-state index in [2.05, 4.69) is 0 Å². The predicted molar refractivity (Wildman–Crippen MR) is 76.8 cm³/mol. The van der Waals surface area contributed by atoms with Crippen LogP contribution >= 0.6 is 11.6 Å². The second kappa shape index (κ2) is 6.39. The van der Waals surface area contributed by atoms with Crippen molar-refractivity contribution in [3.8, 4) is 5.75 Å². The van der Waals surface area contributed by atoms with Gasteiger partial charge in [-0.1, -0.05) is 42.8 Å². The zero-order valence-corrected chi connectivity index (χ0v) is 11.5. The Labute approximate surface area is 118 Å². The van der Waals surface area contributed by atoms with E-state index in [0.29, 0.717) is 29.4 Å². The maximum absolute atomic E-state index is 11.8. The van der Waals surface area contributed by atoms with Crippen molar-refractivity contribution in [2.24, 2.45) is 0 Å². The van der Waals surface area contributed by atoms with E-state index >= 15 is 0 Å². The number of ether oxygens (including phenoxy) is 1. The fourth-order valence-electron chi connectivity index (χ4n) is 1.80. The molecule has 0 heterocycles. The number of carbonyl (C=O) groups is 1. The third-order valence-corrected chi connectivity index (χ3v) is 3.03. The van der Waals surface area contributed by atoms with Crippen molar-refractivity contribution in [2.75, 3.05) is 0 Å². The summed E-state index contributed by atoms with van der Waals surface area (Å²) < 4.78 is 5.72. The smallest absolute Gasteiger partial charge is 0.166 e. The minimum Gasteiger partial charge on any atom is -0.488 e. The van der Waals surface area contributed by atoms with E-state index in [0.717, 1.165) is 5.56 Å². The quantitative estimate of drug-likeness (QED) is 0.750. The Morgan fingerprint density at radius 2 is 1.95 bits per heavy atom. The Morgan fingerprint density at radius 1 is 1.16 bits per heavy atom. The highest BCUT2D eigenvalue weighted by molar-refractivity contribution is 6.30. The van der Waals surface area contributed by atoms with Gasteiger partial charge in [0.05, 0.1) is 5.56 Å². The Morgan fingerprint density at radius 3 is 2.68 bits per heavy atom. The molecule has 0 saturated heterocycles.